The van der Waals surface area contributed by atoms with E-state index in [1.54, 1.807) is 6.92 Å². The molecule has 0 saturated carbocycles. The van der Waals surface area contributed by atoms with E-state index in [1.807, 2.05) is 0 Å². The van der Waals surface area contributed by atoms with Crippen LogP contribution in [0.3, 0.4) is 0 Å². The molecule has 19 heavy (non-hydrogen) atoms. The number of phenolic OH excluding ortho intramolecular Hbond substituents is 1. The fourth-order valence-electron chi connectivity index (χ4n) is 1.89. The molecule has 0 fully saturated rings. The molecule has 1 aromatic carbocycles. The molecule has 1 rings (SSSR count). The van der Waals surface area contributed by atoms with E-state index < -0.39 is 11.6 Å². The Morgan fingerprint density at radius 1 is 1.26 bits per heavy atom. The summed E-state index contributed by atoms with van der Waals surface area (Å²) >= 11 is 0. The van der Waals surface area contributed by atoms with Gasteiger partial charge in [0.2, 0.25) is 5.82 Å². The van der Waals surface area contributed by atoms with Crippen molar-refractivity contribution in [3.63, 3.8) is 0 Å². The quantitative estimate of drug-likeness (QED) is 0.570. The predicted octanol–water partition coefficient (Wildman–Crippen LogP) is 4.08. The summed E-state index contributed by atoms with van der Waals surface area (Å²) in [6.45, 7) is 4.12. The third-order valence-electron chi connectivity index (χ3n) is 2.94. The molecule has 0 bridgehead atoms. The molecule has 0 heterocycles. The first kappa shape index (κ1) is 15.5. The van der Waals surface area contributed by atoms with E-state index in [-0.39, 0.29) is 17.1 Å². The lowest BCUT2D eigenvalue weighted by Gasteiger charge is -2.09. The third-order valence-corrected chi connectivity index (χ3v) is 2.94. The Bertz CT molecular complexity index is 430. The zero-order valence-corrected chi connectivity index (χ0v) is 11.5. The van der Waals surface area contributed by atoms with Gasteiger partial charge in [-0.05, 0) is 25.5 Å². The first-order valence-electron chi connectivity index (χ1n) is 6.79. The zero-order valence-electron chi connectivity index (χ0n) is 11.5. The SMILES string of the molecule is CCCCCCC(=O)c1ccc(OCC)c(F)c1O. The average molecular weight is 268 g/mol. The van der Waals surface area contributed by atoms with Gasteiger partial charge < -0.3 is 9.84 Å². The monoisotopic (exact) mass is 268 g/mol. The summed E-state index contributed by atoms with van der Waals surface area (Å²) in [7, 11) is 0. The Morgan fingerprint density at radius 2 is 2.00 bits per heavy atom. The molecular formula is C15H21FO3. The highest BCUT2D eigenvalue weighted by molar-refractivity contribution is 5.98. The van der Waals surface area contributed by atoms with Crippen molar-refractivity contribution in [2.45, 2.75) is 46.0 Å². The number of hydrogen-bond donors (Lipinski definition) is 1. The second kappa shape index (κ2) is 7.77. The van der Waals surface area contributed by atoms with Crippen molar-refractivity contribution in [1.29, 1.82) is 0 Å². The van der Waals surface area contributed by atoms with Crippen LogP contribution in [0.15, 0.2) is 12.1 Å². The van der Waals surface area contributed by atoms with Crippen LogP contribution in [0.2, 0.25) is 0 Å². The minimum absolute atomic E-state index is 0.0254. The number of ether oxygens (including phenoxy) is 1. The number of carbonyl (C=O) groups excluding carboxylic acids is 1. The first-order valence-corrected chi connectivity index (χ1v) is 6.79. The van der Waals surface area contributed by atoms with Crippen LogP contribution in [0.1, 0.15) is 56.3 Å². The van der Waals surface area contributed by atoms with Gasteiger partial charge in [-0.15, -0.1) is 0 Å². The van der Waals surface area contributed by atoms with E-state index in [1.165, 1.54) is 12.1 Å². The summed E-state index contributed by atoms with van der Waals surface area (Å²) < 4.78 is 18.7. The van der Waals surface area contributed by atoms with E-state index in [2.05, 4.69) is 6.92 Å². The highest BCUT2D eigenvalue weighted by Gasteiger charge is 2.18. The summed E-state index contributed by atoms with van der Waals surface area (Å²) in [4.78, 5) is 11.9. The number of hydrogen-bond acceptors (Lipinski definition) is 3. The van der Waals surface area contributed by atoms with Crippen molar-refractivity contribution in [3.8, 4) is 11.5 Å². The maximum Gasteiger partial charge on any atom is 0.207 e. The van der Waals surface area contributed by atoms with Crippen molar-refractivity contribution in [2.24, 2.45) is 0 Å². The molecule has 1 aromatic rings. The van der Waals surface area contributed by atoms with Gasteiger partial charge in [-0.3, -0.25) is 4.79 Å². The molecule has 0 saturated heterocycles. The normalized spacial score (nSPS) is 10.5. The van der Waals surface area contributed by atoms with Crippen molar-refractivity contribution in [1.82, 2.24) is 0 Å². The van der Waals surface area contributed by atoms with E-state index in [0.29, 0.717) is 13.0 Å². The lowest BCUT2D eigenvalue weighted by Crippen LogP contribution is -2.03. The molecule has 0 aliphatic heterocycles. The van der Waals surface area contributed by atoms with Gasteiger partial charge in [-0.25, -0.2) is 0 Å². The number of halogens is 1. The van der Waals surface area contributed by atoms with Crippen molar-refractivity contribution in [2.75, 3.05) is 6.61 Å². The van der Waals surface area contributed by atoms with Gasteiger partial charge in [-0.1, -0.05) is 26.2 Å². The summed E-state index contributed by atoms with van der Waals surface area (Å²) in [5.74, 6) is -1.72. The Morgan fingerprint density at radius 3 is 2.63 bits per heavy atom. The van der Waals surface area contributed by atoms with Crippen LogP contribution in [0.4, 0.5) is 4.39 Å². The second-order valence-corrected chi connectivity index (χ2v) is 4.44. The van der Waals surface area contributed by atoms with E-state index in [9.17, 15) is 14.3 Å². The highest BCUT2D eigenvalue weighted by atomic mass is 19.1. The lowest BCUT2D eigenvalue weighted by atomic mass is 10.0. The average Bonchev–Trinajstić information content (AvgIpc) is 2.40. The fraction of sp³-hybridized carbons (Fsp3) is 0.533. The highest BCUT2D eigenvalue weighted by Crippen LogP contribution is 2.30. The molecule has 4 heteroatoms. The van der Waals surface area contributed by atoms with Crippen molar-refractivity contribution >= 4 is 5.78 Å². The molecule has 0 aliphatic carbocycles. The molecule has 0 radical (unpaired) electrons. The largest absolute Gasteiger partial charge is 0.504 e. The maximum absolute atomic E-state index is 13.7. The van der Waals surface area contributed by atoms with Crippen LogP contribution in [-0.2, 0) is 0 Å². The molecular weight excluding hydrogens is 247 g/mol. The number of aromatic hydroxyl groups is 1. The van der Waals surface area contributed by atoms with Gasteiger partial charge in [0, 0.05) is 6.42 Å². The van der Waals surface area contributed by atoms with Crippen LogP contribution in [0.25, 0.3) is 0 Å². The van der Waals surface area contributed by atoms with Gasteiger partial charge in [0.05, 0.1) is 12.2 Å². The lowest BCUT2D eigenvalue weighted by molar-refractivity contribution is 0.0975. The summed E-state index contributed by atoms with van der Waals surface area (Å²) in [6, 6.07) is 2.81. The van der Waals surface area contributed by atoms with Gasteiger partial charge in [-0.2, -0.15) is 4.39 Å². The minimum Gasteiger partial charge on any atom is -0.504 e. The Balaban J connectivity index is 2.72. The first-order chi connectivity index (χ1) is 9.11. The molecule has 0 spiro atoms. The van der Waals surface area contributed by atoms with Crippen molar-refractivity contribution in [3.05, 3.63) is 23.5 Å². The number of unbranched alkanes of at least 4 members (excludes halogenated alkanes) is 3. The van der Waals surface area contributed by atoms with Crippen LogP contribution in [-0.4, -0.2) is 17.5 Å². The van der Waals surface area contributed by atoms with Gasteiger partial charge in [0.1, 0.15) is 0 Å². The topological polar surface area (TPSA) is 46.5 Å². The number of carbonyl (C=O) groups is 1. The molecule has 0 amide bonds. The molecule has 3 nitrogen and oxygen atoms in total. The van der Waals surface area contributed by atoms with E-state index in [0.717, 1.165) is 25.7 Å². The predicted molar refractivity (Wildman–Crippen MR) is 72.3 cm³/mol. The number of rotatable bonds is 8. The molecule has 106 valence electrons. The van der Waals surface area contributed by atoms with Gasteiger partial charge in [0.25, 0.3) is 0 Å². The molecule has 0 atom stereocenters. The minimum atomic E-state index is -0.860. The number of Topliss-reactive ketones (excluding diaryl/α,β-unsaturated/α-hetero) is 1. The molecule has 1 N–H and O–H groups in total. The smallest absolute Gasteiger partial charge is 0.207 e. The Labute approximate surface area is 113 Å². The molecule has 0 unspecified atom stereocenters. The number of ketones is 1. The summed E-state index contributed by atoms with van der Waals surface area (Å²) in [5, 5.41) is 9.70. The fourth-order valence-corrected chi connectivity index (χ4v) is 1.89. The zero-order chi connectivity index (χ0) is 14.3. The Hall–Kier alpha value is -1.58. The third kappa shape index (κ3) is 4.23. The van der Waals surface area contributed by atoms with E-state index >= 15 is 0 Å². The van der Waals surface area contributed by atoms with Gasteiger partial charge in [0.15, 0.2) is 17.3 Å². The Kier molecular flexibility index (Phi) is 6.33. The number of phenols is 1. The summed E-state index contributed by atoms with van der Waals surface area (Å²) in [6.07, 6.45) is 4.25. The van der Waals surface area contributed by atoms with Crippen molar-refractivity contribution < 1.29 is 19.0 Å². The molecule has 0 aromatic heterocycles. The van der Waals surface area contributed by atoms with Crippen LogP contribution < -0.4 is 4.74 Å². The van der Waals surface area contributed by atoms with E-state index in [4.69, 9.17) is 4.74 Å². The summed E-state index contributed by atoms with van der Waals surface area (Å²) in [5.41, 5.74) is 0.0393. The van der Waals surface area contributed by atoms with Crippen LogP contribution in [0, 0.1) is 5.82 Å². The molecule has 0 aliphatic rings. The maximum atomic E-state index is 13.7. The number of benzene rings is 1. The standard InChI is InChI=1S/C15H21FO3/c1-3-5-6-7-8-12(17)11-9-10-13(19-4-2)14(16)15(11)18/h9-10,18H,3-8H2,1-2H3. The van der Waals surface area contributed by atoms with Crippen LogP contribution >= 0.6 is 0 Å². The second-order valence-electron chi connectivity index (χ2n) is 4.44. The van der Waals surface area contributed by atoms with Gasteiger partial charge >= 0.3 is 0 Å². The van der Waals surface area contributed by atoms with Crippen LogP contribution in [0.5, 0.6) is 11.5 Å².